The van der Waals surface area contributed by atoms with Crippen LogP contribution >= 0.6 is 11.6 Å². The summed E-state index contributed by atoms with van der Waals surface area (Å²) in [7, 11) is -2.41. The van der Waals surface area contributed by atoms with Crippen LogP contribution in [0.2, 0.25) is 5.15 Å². The second-order valence-corrected chi connectivity index (χ2v) is 5.02. The third-order valence-corrected chi connectivity index (χ3v) is 3.53. The first-order chi connectivity index (χ1) is 9.09. The zero-order chi connectivity index (χ0) is 13.8. The highest BCUT2D eigenvalue weighted by molar-refractivity contribution is 7.74. The van der Waals surface area contributed by atoms with E-state index in [2.05, 4.69) is 11.6 Å². The Morgan fingerprint density at radius 2 is 1.74 bits per heavy atom. The predicted octanol–water partition coefficient (Wildman–Crippen LogP) is 2.85. The van der Waals surface area contributed by atoms with Gasteiger partial charge < -0.3 is 0 Å². The van der Waals surface area contributed by atoms with Crippen molar-refractivity contribution in [3.8, 4) is 0 Å². The van der Waals surface area contributed by atoms with E-state index in [1.165, 1.54) is 0 Å². The van der Waals surface area contributed by atoms with Gasteiger partial charge in [-0.15, -0.1) is 0 Å². The van der Waals surface area contributed by atoms with Gasteiger partial charge in [-0.2, -0.15) is 8.42 Å². The summed E-state index contributed by atoms with van der Waals surface area (Å²) in [4.78, 5) is 4.19. The standard InChI is InChI=1S/C14H10ClNO2S/c1-10(12-8-5-9-13(15)16-12)14(19(17)18)11-6-3-2-4-7-11/h2-9H,1H2. The summed E-state index contributed by atoms with van der Waals surface area (Å²) in [6, 6.07) is 13.8. The van der Waals surface area contributed by atoms with Crippen LogP contribution in [-0.4, -0.2) is 18.3 Å². The highest BCUT2D eigenvalue weighted by Gasteiger charge is 2.13. The first-order valence-electron chi connectivity index (χ1n) is 5.43. The molecule has 0 amide bonds. The van der Waals surface area contributed by atoms with Crippen molar-refractivity contribution in [2.75, 3.05) is 0 Å². The average Bonchev–Trinajstić information content (AvgIpc) is 2.39. The van der Waals surface area contributed by atoms with Crippen LogP contribution in [-0.2, 0) is 10.3 Å². The fourth-order valence-corrected chi connectivity index (χ4v) is 2.45. The largest absolute Gasteiger partial charge is 0.236 e. The molecular formula is C14H10ClNO2S. The molecule has 0 aliphatic rings. The Bertz CT molecular complexity index is 744. The van der Waals surface area contributed by atoms with Crippen LogP contribution in [0.3, 0.4) is 0 Å². The van der Waals surface area contributed by atoms with Gasteiger partial charge in [-0.05, 0) is 17.7 Å². The van der Waals surface area contributed by atoms with Crippen molar-refractivity contribution in [3.05, 3.63) is 71.5 Å². The molecule has 1 aromatic heterocycles. The molecule has 0 bridgehead atoms. The average molecular weight is 292 g/mol. The van der Waals surface area contributed by atoms with Crippen molar-refractivity contribution in [3.63, 3.8) is 0 Å². The minimum Gasteiger partial charge on any atom is -0.236 e. The maximum Gasteiger partial charge on any atom is 0.222 e. The molecule has 0 saturated carbocycles. The molecule has 0 saturated heterocycles. The summed E-state index contributed by atoms with van der Waals surface area (Å²) in [5.41, 5.74) is 1.33. The first kappa shape index (κ1) is 13.5. The Kier molecular flexibility index (Phi) is 4.14. The number of benzene rings is 1. The summed E-state index contributed by atoms with van der Waals surface area (Å²) < 4.78 is 22.9. The Morgan fingerprint density at radius 1 is 1.05 bits per heavy atom. The third-order valence-electron chi connectivity index (χ3n) is 2.50. The Morgan fingerprint density at radius 3 is 2.32 bits per heavy atom. The van der Waals surface area contributed by atoms with Crippen molar-refractivity contribution < 1.29 is 8.42 Å². The maximum absolute atomic E-state index is 11.4. The lowest BCUT2D eigenvalue weighted by Crippen LogP contribution is -2.06. The topological polar surface area (TPSA) is 47.0 Å². The van der Waals surface area contributed by atoms with Crippen LogP contribution in [0.15, 0.2) is 55.1 Å². The molecule has 19 heavy (non-hydrogen) atoms. The van der Waals surface area contributed by atoms with Crippen LogP contribution < -0.4 is 0 Å². The molecule has 0 aliphatic heterocycles. The minimum atomic E-state index is -2.41. The highest BCUT2D eigenvalue weighted by atomic mass is 35.5. The number of aromatic nitrogens is 1. The quantitative estimate of drug-likeness (QED) is 0.378. The molecule has 0 atom stereocenters. The van der Waals surface area contributed by atoms with E-state index in [1.54, 1.807) is 42.5 Å². The molecule has 3 nitrogen and oxygen atoms in total. The van der Waals surface area contributed by atoms with E-state index < -0.39 is 10.3 Å². The molecule has 96 valence electrons. The molecule has 0 radical (unpaired) electrons. The molecule has 2 aromatic rings. The highest BCUT2D eigenvalue weighted by Crippen LogP contribution is 2.18. The van der Waals surface area contributed by atoms with Gasteiger partial charge >= 0.3 is 0 Å². The molecule has 1 aromatic carbocycles. The summed E-state index contributed by atoms with van der Waals surface area (Å²) in [6.07, 6.45) is 0. The van der Waals surface area contributed by atoms with Crippen LogP contribution in [0.25, 0.3) is 5.57 Å². The number of allylic oxidation sites excluding steroid dienone is 1. The normalized spacial score (nSPS) is 9.95. The van der Waals surface area contributed by atoms with Gasteiger partial charge in [0.2, 0.25) is 10.3 Å². The van der Waals surface area contributed by atoms with E-state index in [9.17, 15) is 8.42 Å². The van der Waals surface area contributed by atoms with Gasteiger partial charge in [0.15, 0.2) is 0 Å². The monoisotopic (exact) mass is 291 g/mol. The van der Waals surface area contributed by atoms with E-state index >= 15 is 0 Å². The van der Waals surface area contributed by atoms with Gasteiger partial charge in [0.25, 0.3) is 0 Å². The zero-order valence-corrected chi connectivity index (χ0v) is 11.4. The molecule has 0 unspecified atom stereocenters. The fraction of sp³-hybridized carbons (Fsp3) is 0. The van der Waals surface area contributed by atoms with Crippen molar-refractivity contribution in [2.45, 2.75) is 0 Å². The number of hydrogen-bond acceptors (Lipinski definition) is 3. The van der Waals surface area contributed by atoms with E-state index in [1.807, 2.05) is 6.07 Å². The summed E-state index contributed by atoms with van der Waals surface area (Å²) in [6.45, 7) is 3.81. The Hall–Kier alpha value is -1.91. The fourth-order valence-electron chi connectivity index (χ4n) is 1.65. The second-order valence-electron chi connectivity index (χ2n) is 3.75. The van der Waals surface area contributed by atoms with Crippen molar-refractivity contribution >= 4 is 32.3 Å². The van der Waals surface area contributed by atoms with Crippen LogP contribution in [0.1, 0.15) is 11.3 Å². The summed E-state index contributed by atoms with van der Waals surface area (Å²) in [5, 5.41) is 0.294. The molecule has 2 rings (SSSR count). The lowest BCUT2D eigenvalue weighted by atomic mass is 10.0. The van der Waals surface area contributed by atoms with Crippen molar-refractivity contribution in [2.24, 2.45) is 0 Å². The lowest BCUT2D eigenvalue weighted by Gasteiger charge is -2.06. The number of hydrogen-bond donors (Lipinski definition) is 0. The predicted molar refractivity (Wildman–Crippen MR) is 77.8 cm³/mol. The Balaban J connectivity index is 2.55. The molecule has 0 N–H and O–H groups in total. The minimum absolute atomic E-state index is 0.121. The number of nitrogens with zero attached hydrogens (tertiary/aromatic N) is 1. The summed E-state index contributed by atoms with van der Waals surface area (Å²) >= 11 is 5.80. The number of halogens is 1. The van der Waals surface area contributed by atoms with Crippen molar-refractivity contribution in [1.29, 1.82) is 0 Å². The molecule has 0 fully saturated rings. The van der Waals surface area contributed by atoms with Gasteiger partial charge in [-0.1, -0.05) is 54.6 Å². The van der Waals surface area contributed by atoms with Gasteiger partial charge in [0.05, 0.1) is 5.69 Å². The van der Waals surface area contributed by atoms with Crippen molar-refractivity contribution in [1.82, 2.24) is 4.98 Å². The first-order valence-corrected chi connectivity index (χ1v) is 6.88. The van der Waals surface area contributed by atoms with Crippen LogP contribution in [0, 0.1) is 0 Å². The maximum atomic E-state index is 11.4. The summed E-state index contributed by atoms with van der Waals surface area (Å²) in [5.74, 6) is 0. The third kappa shape index (κ3) is 3.10. The van der Waals surface area contributed by atoms with E-state index in [-0.39, 0.29) is 4.86 Å². The van der Waals surface area contributed by atoms with Gasteiger partial charge in [-0.3, -0.25) is 0 Å². The van der Waals surface area contributed by atoms with Gasteiger partial charge in [-0.25, -0.2) is 4.98 Å². The zero-order valence-electron chi connectivity index (χ0n) is 9.88. The van der Waals surface area contributed by atoms with E-state index in [0.717, 1.165) is 0 Å². The Labute approximate surface area is 117 Å². The molecule has 0 aliphatic carbocycles. The molecule has 5 heteroatoms. The second kappa shape index (κ2) is 5.82. The molecular weight excluding hydrogens is 282 g/mol. The number of rotatable bonds is 3. The van der Waals surface area contributed by atoms with E-state index in [4.69, 9.17) is 11.6 Å². The van der Waals surface area contributed by atoms with Crippen LogP contribution in [0.5, 0.6) is 0 Å². The smallest absolute Gasteiger partial charge is 0.222 e. The van der Waals surface area contributed by atoms with Gasteiger partial charge in [0.1, 0.15) is 10.0 Å². The lowest BCUT2D eigenvalue weighted by molar-refractivity contribution is 0.627. The number of pyridine rings is 1. The van der Waals surface area contributed by atoms with Crippen LogP contribution in [0.4, 0.5) is 0 Å². The van der Waals surface area contributed by atoms with Gasteiger partial charge in [0, 0.05) is 5.57 Å². The molecule has 1 heterocycles. The molecule has 0 spiro atoms. The van der Waals surface area contributed by atoms with E-state index in [0.29, 0.717) is 22.0 Å². The SMILES string of the molecule is C=C(C(c1ccccc1)=S(=O)=O)c1cccc(Cl)n1.